The quantitative estimate of drug-likeness (QED) is 0.588. The van der Waals surface area contributed by atoms with Gasteiger partial charge in [0.25, 0.3) is 0 Å². The Labute approximate surface area is 146 Å². The van der Waals surface area contributed by atoms with E-state index in [0.717, 1.165) is 17.5 Å². The van der Waals surface area contributed by atoms with Crippen molar-refractivity contribution in [3.05, 3.63) is 52.6 Å². The number of esters is 1. The molecule has 1 heterocycles. The van der Waals surface area contributed by atoms with Gasteiger partial charge in [0.2, 0.25) is 0 Å². The van der Waals surface area contributed by atoms with Gasteiger partial charge in [0.05, 0.1) is 12.7 Å². The van der Waals surface area contributed by atoms with E-state index in [2.05, 4.69) is 0 Å². The van der Waals surface area contributed by atoms with Gasteiger partial charge in [-0.3, -0.25) is 4.79 Å². The van der Waals surface area contributed by atoms with Crippen LogP contribution in [0.2, 0.25) is 0 Å². The number of hydrogen-bond donors (Lipinski definition) is 0. The molecule has 0 fully saturated rings. The van der Waals surface area contributed by atoms with Crippen LogP contribution < -0.4 is 4.74 Å². The predicted molar refractivity (Wildman–Crippen MR) is 91.9 cm³/mol. The van der Waals surface area contributed by atoms with E-state index >= 15 is 0 Å². The summed E-state index contributed by atoms with van der Waals surface area (Å²) < 4.78 is 25.6. The molecule has 0 radical (unpaired) electrons. The van der Waals surface area contributed by atoms with Gasteiger partial charge in [0.1, 0.15) is 0 Å². The number of ether oxygens (including phenoxy) is 2. The number of aryl methyl sites for hydroxylation is 1. The number of hydrogen-bond acceptors (Lipinski definition) is 4. The first-order chi connectivity index (χ1) is 11.8. The highest BCUT2D eigenvalue weighted by atomic mass is 19.1. The topological polar surface area (TPSA) is 57.5 Å². The largest absolute Gasteiger partial charge is 0.494 e. The first-order valence-electron chi connectivity index (χ1n) is 7.98. The van der Waals surface area contributed by atoms with Crippen molar-refractivity contribution in [1.82, 2.24) is 4.57 Å². The zero-order chi connectivity index (χ0) is 18.7. The standard InChI is InChI=1S/C19H22FNO4/c1-11(2)21-12(3)8-15(13(21)4)19(23)25-10-17(22)14-6-7-18(24-5)16(20)9-14/h6-9,11H,10H2,1-5H3. The molecule has 0 spiro atoms. The normalized spacial score (nSPS) is 10.8. The fourth-order valence-electron chi connectivity index (χ4n) is 2.91. The number of ketones is 1. The predicted octanol–water partition coefficient (Wildman–Crippen LogP) is 3.87. The Morgan fingerprint density at radius 3 is 2.40 bits per heavy atom. The Hall–Kier alpha value is -2.63. The highest BCUT2D eigenvalue weighted by Gasteiger charge is 2.20. The van der Waals surface area contributed by atoms with Crippen molar-refractivity contribution in [1.29, 1.82) is 0 Å². The second kappa shape index (κ2) is 7.51. The summed E-state index contributed by atoms with van der Waals surface area (Å²) in [6.07, 6.45) is 0. The fourth-order valence-corrected chi connectivity index (χ4v) is 2.91. The Kier molecular flexibility index (Phi) is 5.62. The van der Waals surface area contributed by atoms with Gasteiger partial charge < -0.3 is 14.0 Å². The first kappa shape index (κ1) is 18.7. The molecule has 0 saturated carbocycles. The number of Topliss-reactive ketones (excluding diaryl/α,β-unsaturated/α-hetero) is 1. The molecule has 1 aromatic carbocycles. The van der Waals surface area contributed by atoms with Crippen LogP contribution in [0, 0.1) is 19.7 Å². The summed E-state index contributed by atoms with van der Waals surface area (Å²) in [6.45, 7) is 7.35. The van der Waals surface area contributed by atoms with Crippen LogP contribution in [0.4, 0.5) is 4.39 Å². The molecule has 5 nitrogen and oxygen atoms in total. The van der Waals surface area contributed by atoms with E-state index < -0.39 is 24.2 Å². The number of rotatable bonds is 6. The van der Waals surface area contributed by atoms with E-state index in [-0.39, 0.29) is 17.4 Å². The minimum atomic E-state index is -0.639. The van der Waals surface area contributed by atoms with Crippen molar-refractivity contribution in [2.45, 2.75) is 33.7 Å². The fraction of sp³-hybridized carbons (Fsp3) is 0.368. The number of methoxy groups -OCH3 is 1. The molecule has 2 aromatic rings. The molecule has 0 bridgehead atoms. The van der Waals surface area contributed by atoms with Gasteiger partial charge in [-0.15, -0.1) is 0 Å². The molecule has 134 valence electrons. The van der Waals surface area contributed by atoms with E-state index in [0.29, 0.717) is 5.56 Å². The Morgan fingerprint density at radius 1 is 1.20 bits per heavy atom. The van der Waals surface area contributed by atoms with Crippen LogP contribution in [-0.2, 0) is 4.74 Å². The van der Waals surface area contributed by atoms with Crippen LogP contribution in [0.5, 0.6) is 5.75 Å². The lowest BCUT2D eigenvalue weighted by Crippen LogP contribution is -2.15. The van der Waals surface area contributed by atoms with Crippen molar-refractivity contribution in [3.63, 3.8) is 0 Å². The molecule has 0 aliphatic rings. The van der Waals surface area contributed by atoms with Gasteiger partial charge in [-0.05, 0) is 52.0 Å². The molecule has 0 atom stereocenters. The van der Waals surface area contributed by atoms with E-state index in [1.165, 1.54) is 19.2 Å². The van der Waals surface area contributed by atoms with E-state index in [1.54, 1.807) is 6.07 Å². The lowest BCUT2D eigenvalue weighted by molar-refractivity contribution is 0.0473. The monoisotopic (exact) mass is 347 g/mol. The summed E-state index contributed by atoms with van der Waals surface area (Å²) in [7, 11) is 1.34. The Morgan fingerprint density at radius 2 is 1.88 bits per heavy atom. The van der Waals surface area contributed by atoms with Crippen molar-refractivity contribution in [2.24, 2.45) is 0 Å². The average Bonchev–Trinajstić information content (AvgIpc) is 2.86. The van der Waals surface area contributed by atoms with Crippen molar-refractivity contribution in [2.75, 3.05) is 13.7 Å². The molecule has 0 aliphatic heterocycles. The second-order valence-corrected chi connectivity index (χ2v) is 6.10. The molecule has 2 rings (SSSR count). The summed E-state index contributed by atoms with van der Waals surface area (Å²) in [6, 6.07) is 5.82. The minimum absolute atomic E-state index is 0.0506. The summed E-state index contributed by atoms with van der Waals surface area (Å²) in [5, 5.41) is 0. The van der Waals surface area contributed by atoms with Crippen LogP contribution >= 0.6 is 0 Å². The zero-order valence-corrected chi connectivity index (χ0v) is 15.1. The third-order valence-electron chi connectivity index (χ3n) is 4.03. The van der Waals surface area contributed by atoms with E-state index in [1.807, 2.05) is 32.3 Å². The molecular weight excluding hydrogens is 325 g/mol. The van der Waals surface area contributed by atoms with Gasteiger partial charge in [0, 0.05) is 23.0 Å². The zero-order valence-electron chi connectivity index (χ0n) is 15.1. The molecule has 0 saturated heterocycles. The third-order valence-corrected chi connectivity index (χ3v) is 4.03. The maximum atomic E-state index is 13.7. The highest BCUT2D eigenvalue weighted by molar-refractivity contribution is 5.99. The maximum absolute atomic E-state index is 13.7. The molecule has 6 heteroatoms. The molecule has 1 aromatic heterocycles. The van der Waals surface area contributed by atoms with Gasteiger partial charge >= 0.3 is 5.97 Å². The Balaban J connectivity index is 2.08. The van der Waals surface area contributed by atoms with Crippen LogP contribution in [-0.4, -0.2) is 30.0 Å². The lowest BCUT2D eigenvalue weighted by Gasteiger charge is -2.13. The molecule has 0 unspecified atom stereocenters. The minimum Gasteiger partial charge on any atom is -0.494 e. The van der Waals surface area contributed by atoms with Gasteiger partial charge in [0.15, 0.2) is 24.0 Å². The van der Waals surface area contributed by atoms with E-state index in [4.69, 9.17) is 9.47 Å². The molecular formula is C19H22FNO4. The number of carbonyl (C=O) groups is 2. The summed E-state index contributed by atoms with van der Waals surface area (Å²) in [4.78, 5) is 24.4. The number of nitrogens with zero attached hydrogens (tertiary/aromatic N) is 1. The number of aromatic nitrogens is 1. The van der Waals surface area contributed by atoms with Gasteiger partial charge in [-0.1, -0.05) is 0 Å². The lowest BCUT2D eigenvalue weighted by atomic mass is 10.1. The van der Waals surface area contributed by atoms with Crippen LogP contribution in [0.1, 0.15) is 52.0 Å². The van der Waals surface area contributed by atoms with Crippen molar-refractivity contribution >= 4 is 11.8 Å². The second-order valence-electron chi connectivity index (χ2n) is 6.10. The highest BCUT2D eigenvalue weighted by Crippen LogP contribution is 2.21. The Bertz CT molecular complexity index is 808. The molecule has 25 heavy (non-hydrogen) atoms. The first-order valence-corrected chi connectivity index (χ1v) is 7.98. The number of carbonyl (C=O) groups excluding carboxylic acids is 2. The van der Waals surface area contributed by atoms with Gasteiger partial charge in [-0.25, -0.2) is 9.18 Å². The number of halogens is 1. The average molecular weight is 347 g/mol. The van der Waals surface area contributed by atoms with Crippen LogP contribution in [0.3, 0.4) is 0 Å². The molecule has 0 amide bonds. The number of benzene rings is 1. The third kappa shape index (κ3) is 3.90. The van der Waals surface area contributed by atoms with E-state index in [9.17, 15) is 14.0 Å². The van der Waals surface area contributed by atoms with Crippen LogP contribution in [0.25, 0.3) is 0 Å². The smallest absolute Gasteiger partial charge is 0.340 e. The summed E-state index contributed by atoms with van der Waals surface area (Å²) in [5.74, 6) is -1.63. The molecule has 0 aliphatic carbocycles. The summed E-state index contributed by atoms with van der Waals surface area (Å²) in [5.41, 5.74) is 2.29. The van der Waals surface area contributed by atoms with Gasteiger partial charge in [-0.2, -0.15) is 0 Å². The molecule has 0 N–H and O–H groups in total. The maximum Gasteiger partial charge on any atom is 0.340 e. The van der Waals surface area contributed by atoms with Crippen molar-refractivity contribution in [3.8, 4) is 5.75 Å². The van der Waals surface area contributed by atoms with Crippen LogP contribution in [0.15, 0.2) is 24.3 Å². The summed E-state index contributed by atoms with van der Waals surface area (Å²) >= 11 is 0. The SMILES string of the molecule is COc1ccc(C(=O)COC(=O)c2cc(C)n(C(C)C)c2C)cc1F. The van der Waals surface area contributed by atoms with Crippen molar-refractivity contribution < 1.29 is 23.5 Å².